The zero-order valence-corrected chi connectivity index (χ0v) is 20.4. The summed E-state index contributed by atoms with van der Waals surface area (Å²) in [6.45, 7) is 14.4. The molecule has 0 amide bonds. The molecule has 3 saturated carbocycles. The molecule has 0 aromatic heterocycles. The van der Waals surface area contributed by atoms with Crippen molar-refractivity contribution in [1.82, 2.24) is 0 Å². The smallest absolute Gasteiger partial charge is 0.0641 e. The Morgan fingerprint density at radius 3 is 2.57 bits per heavy atom. The van der Waals surface area contributed by atoms with Gasteiger partial charge in [0, 0.05) is 0 Å². The molecule has 0 aliphatic heterocycles. The Balaban J connectivity index is 1.47. The van der Waals surface area contributed by atoms with Crippen molar-refractivity contribution >= 4 is 0 Å². The van der Waals surface area contributed by atoms with Crippen LogP contribution in [-0.2, 0) is 0 Å². The van der Waals surface area contributed by atoms with Gasteiger partial charge in [-0.05, 0) is 116 Å². The summed E-state index contributed by atoms with van der Waals surface area (Å²) in [6.07, 6.45) is 19.4. The van der Waals surface area contributed by atoms with Crippen molar-refractivity contribution in [1.29, 1.82) is 0 Å². The third kappa shape index (κ3) is 3.66. The van der Waals surface area contributed by atoms with Gasteiger partial charge in [0.2, 0.25) is 0 Å². The molecule has 0 heterocycles. The molecule has 0 aromatic carbocycles. The summed E-state index contributed by atoms with van der Waals surface area (Å²) in [4.78, 5) is 0. The Kier molecular flexibility index (Phi) is 6.61. The summed E-state index contributed by atoms with van der Waals surface area (Å²) in [7, 11) is 0. The number of allylic oxidation sites excluding steroid dienone is 2. The molecule has 170 valence electrons. The average molecular weight is 413 g/mol. The van der Waals surface area contributed by atoms with E-state index >= 15 is 0 Å². The Labute approximate surface area is 186 Å². The molecule has 4 rings (SSSR count). The maximum absolute atomic E-state index is 9.52. The van der Waals surface area contributed by atoms with Gasteiger partial charge in [-0.1, -0.05) is 58.8 Å². The van der Waals surface area contributed by atoms with Crippen molar-refractivity contribution in [2.75, 3.05) is 6.61 Å². The van der Waals surface area contributed by atoms with Gasteiger partial charge in [-0.15, -0.1) is 0 Å². The predicted molar refractivity (Wildman–Crippen MR) is 128 cm³/mol. The molecule has 0 radical (unpaired) electrons. The van der Waals surface area contributed by atoms with Crippen LogP contribution >= 0.6 is 0 Å². The number of hydrogen-bond donors (Lipinski definition) is 1. The van der Waals surface area contributed by atoms with E-state index in [0.717, 1.165) is 41.6 Å². The lowest BCUT2D eigenvalue weighted by atomic mass is 9.48. The first kappa shape index (κ1) is 22.6. The summed E-state index contributed by atoms with van der Waals surface area (Å²) < 4.78 is 0. The third-order valence-corrected chi connectivity index (χ3v) is 11.0. The highest BCUT2D eigenvalue weighted by molar-refractivity contribution is 5.27. The minimum absolute atomic E-state index is 0.158. The van der Waals surface area contributed by atoms with Gasteiger partial charge in [0.25, 0.3) is 0 Å². The molecule has 1 N–H and O–H groups in total. The lowest BCUT2D eigenvalue weighted by Crippen LogP contribution is -2.48. The molecule has 30 heavy (non-hydrogen) atoms. The van der Waals surface area contributed by atoms with Crippen LogP contribution in [0.2, 0.25) is 0 Å². The fourth-order valence-electron chi connectivity index (χ4n) is 9.01. The number of rotatable bonds is 7. The lowest BCUT2D eigenvalue weighted by Gasteiger charge is -2.57. The van der Waals surface area contributed by atoms with Crippen molar-refractivity contribution in [3.05, 3.63) is 23.8 Å². The van der Waals surface area contributed by atoms with Crippen molar-refractivity contribution in [3.63, 3.8) is 0 Å². The van der Waals surface area contributed by atoms with E-state index in [0.29, 0.717) is 16.7 Å². The van der Waals surface area contributed by atoms with Crippen molar-refractivity contribution < 1.29 is 5.11 Å². The van der Waals surface area contributed by atoms with Crippen LogP contribution in [0.5, 0.6) is 0 Å². The predicted octanol–water partition coefficient (Wildman–Crippen LogP) is 7.95. The van der Waals surface area contributed by atoms with Crippen LogP contribution in [0.4, 0.5) is 0 Å². The first-order valence-corrected chi connectivity index (χ1v) is 13.3. The van der Waals surface area contributed by atoms with E-state index in [-0.39, 0.29) is 6.61 Å². The maximum atomic E-state index is 9.52. The van der Waals surface area contributed by atoms with Gasteiger partial charge in [0.05, 0.1) is 6.61 Å². The normalized spacial score (nSPS) is 42.5. The Morgan fingerprint density at radius 2 is 1.83 bits per heavy atom. The topological polar surface area (TPSA) is 20.2 Å². The molecule has 1 nitrogen and oxygen atoms in total. The quantitative estimate of drug-likeness (QED) is 0.421. The van der Waals surface area contributed by atoms with Gasteiger partial charge in [-0.25, -0.2) is 0 Å². The van der Waals surface area contributed by atoms with Gasteiger partial charge < -0.3 is 5.11 Å². The SMILES string of the molecule is C=C(CO)C(CC)CCC(C)[C@H]1CC[C@H]2C3=CCC4CCCC[C@]4(C)[C@H]3CC[C@]12C. The highest BCUT2D eigenvalue weighted by Crippen LogP contribution is 2.67. The molecule has 4 aliphatic carbocycles. The van der Waals surface area contributed by atoms with Crippen LogP contribution in [0.15, 0.2) is 23.8 Å². The largest absolute Gasteiger partial charge is 0.392 e. The van der Waals surface area contributed by atoms with Gasteiger partial charge in [0.15, 0.2) is 0 Å². The zero-order chi connectivity index (χ0) is 21.5. The lowest BCUT2D eigenvalue weighted by molar-refractivity contribution is -0.00815. The Bertz CT molecular complexity index is 661. The van der Waals surface area contributed by atoms with E-state index in [1.54, 1.807) is 0 Å². The Morgan fingerprint density at radius 1 is 1.07 bits per heavy atom. The molecule has 0 aromatic rings. The molecule has 1 heteroatoms. The van der Waals surface area contributed by atoms with E-state index in [1.807, 2.05) is 5.57 Å². The van der Waals surface area contributed by atoms with E-state index in [1.165, 1.54) is 70.6 Å². The fourth-order valence-corrected chi connectivity index (χ4v) is 9.01. The highest BCUT2D eigenvalue weighted by atomic mass is 16.3. The minimum atomic E-state index is 0.158. The maximum Gasteiger partial charge on any atom is 0.0641 e. The summed E-state index contributed by atoms with van der Waals surface area (Å²) >= 11 is 0. The van der Waals surface area contributed by atoms with Crippen molar-refractivity contribution in [3.8, 4) is 0 Å². The molecule has 4 aliphatic rings. The minimum Gasteiger partial charge on any atom is -0.392 e. The molecule has 3 fully saturated rings. The van der Waals surface area contributed by atoms with Gasteiger partial charge in [-0.3, -0.25) is 0 Å². The van der Waals surface area contributed by atoms with Gasteiger partial charge in [-0.2, -0.15) is 0 Å². The van der Waals surface area contributed by atoms with Crippen LogP contribution in [0.25, 0.3) is 0 Å². The number of fused-ring (bicyclic) bond motifs is 5. The summed E-state index contributed by atoms with van der Waals surface area (Å²) in [5.74, 6) is 4.88. The van der Waals surface area contributed by atoms with E-state index < -0.39 is 0 Å². The zero-order valence-electron chi connectivity index (χ0n) is 20.4. The number of aliphatic hydroxyl groups is 1. The van der Waals surface area contributed by atoms with E-state index in [9.17, 15) is 5.11 Å². The van der Waals surface area contributed by atoms with Crippen molar-refractivity contribution in [2.45, 2.75) is 105 Å². The van der Waals surface area contributed by atoms with Crippen LogP contribution in [0, 0.1) is 46.3 Å². The van der Waals surface area contributed by atoms with Crippen LogP contribution < -0.4 is 0 Å². The first-order valence-electron chi connectivity index (χ1n) is 13.3. The monoisotopic (exact) mass is 412 g/mol. The van der Waals surface area contributed by atoms with Crippen molar-refractivity contribution in [2.24, 2.45) is 46.3 Å². The first-order chi connectivity index (χ1) is 14.3. The van der Waals surface area contributed by atoms with Crippen LogP contribution in [-0.4, -0.2) is 11.7 Å². The van der Waals surface area contributed by atoms with Gasteiger partial charge >= 0.3 is 0 Å². The summed E-state index contributed by atoms with van der Waals surface area (Å²) in [5.41, 5.74) is 4.09. The summed E-state index contributed by atoms with van der Waals surface area (Å²) in [5, 5.41) is 9.52. The fraction of sp³-hybridized carbons (Fsp3) is 0.862. The molecule has 0 bridgehead atoms. The molecule has 8 atom stereocenters. The molecule has 3 unspecified atom stereocenters. The Hall–Kier alpha value is -0.560. The van der Waals surface area contributed by atoms with Gasteiger partial charge in [0.1, 0.15) is 0 Å². The third-order valence-electron chi connectivity index (χ3n) is 11.0. The number of aliphatic hydroxyl groups excluding tert-OH is 1. The average Bonchev–Trinajstić information content (AvgIpc) is 3.10. The number of hydrogen-bond acceptors (Lipinski definition) is 1. The standard InChI is InChI=1S/C29H48O/c1-6-22(21(3)19-30)11-10-20(2)25-14-15-26-24-13-12-23-9-7-8-17-28(23,4)27(24)16-18-29(25,26)5/h13,20,22-23,25-27,30H,3,6-12,14-19H2,1-2,4-5H3/t20?,22?,23?,25-,26+,27+,28+,29-/m1/s1. The molecule has 0 spiro atoms. The second kappa shape index (κ2) is 8.76. The summed E-state index contributed by atoms with van der Waals surface area (Å²) in [6, 6.07) is 0. The van der Waals surface area contributed by atoms with E-state index in [4.69, 9.17) is 0 Å². The van der Waals surface area contributed by atoms with Crippen LogP contribution in [0.1, 0.15) is 105 Å². The highest BCUT2D eigenvalue weighted by Gasteiger charge is 2.57. The van der Waals surface area contributed by atoms with Crippen LogP contribution in [0.3, 0.4) is 0 Å². The van der Waals surface area contributed by atoms with E-state index in [2.05, 4.69) is 40.3 Å². The molecular formula is C29H48O. The molecule has 0 saturated heterocycles. The second-order valence-electron chi connectivity index (χ2n) is 12.2. The molecular weight excluding hydrogens is 364 g/mol. The second-order valence-corrected chi connectivity index (χ2v) is 12.2.